The lowest BCUT2D eigenvalue weighted by Gasteiger charge is -2.06. The fourth-order valence-electron chi connectivity index (χ4n) is 1.80. The molecular formula is C13H17ClN4. The summed E-state index contributed by atoms with van der Waals surface area (Å²) in [5.74, 6) is 0. The zero-order valence-corrected chi connectivity index (χ0v) is 11.4. The van der Waals surface area contributed by atoms with Gasteiger partial charge in [-0.05, 0) is 26.0 Å². The van der Waals surface area contributed by atoms with Crippen LogP contribution in [0.3, 0.4) is 0 Å². The highest BCUT2D eigenvalue weighted by Gasteiger charge is 2.07. The Morgan fingerprint density at radius 3 is 2.78 bits per heavy atom. The van der Waals surface area contributed by atoms with Crippen LogP contribution in [0.4, 0.5) is 0 Å². The first-order chi connectivity index (χ1) is 8.68. The number of aromatic nitrogens is 3. The molecule has 0 spiro atoms. The van der Waals surface area contributed by atoms with Gasteiger partial charge in [0.15, 0.2) is 0 Å². The predicted molar refractivity (Wildman–Crippen MR) is 72.7 cm³/mol. The van der Waals surface area contributed by atoms with Gasteiger partial charge in [-0.25, -0.2) is 0 Å². The summed E-state index contributed by atoms with van der Waals surface area (Å²) in [5.41, 5.74) is 2.96. The summed E-state index contributed by atoms with van der Waals surface area (Å²) in [6, 6.07) is 5.92. The quantitative estimate of drug-likeness (QED) is 0.843. The van der Waals surface area contributed by atoms with E-state index in [-0.39, 0.29) is 0 Å². The smallest absolute Gasteiger partial charge is 0.0844 e. The third kappa shape index (κ3) is 3.09. The molecule has 0 atom stereocenters. The van der Waals surface area contributed by atoms with Crippen LogP contribution in [0.5, 0.6) is 0 Å². The minimum atomic E-state index is 0.764. The zero-order valence-electron chi connectivity index (χ0n) is 10.7. The molecule has 4 nitrogen and oxygen atoms in total. The van der Waals surface area contributed by atoms with E-state index in [1.165, 1.54) is 0 Å². The number of nitrogens with one attached hydrogen (secondary N) is 1. The Hall–Kier alpha value is -1.39. The Bertz CT molecular complexity index is 507. The van der Waals surface area contributed by atoms with Crippen LogP contribution in [0.1, 0.15) is 17.1 Å². The Balaban J connectivity index is 1.80. The van der Waals surface area contributed by atoms with Crippen LogP contribution in [0, 0.1) is 13.8 Å². The van der Waals surface area contributed by atoms with Gasteiger partial charge in [-0.1, -0.05) is 17.7 Å². The number of hydrogen-bond donors (Lipinski definition) is 1. The van der Waals surface area contributed by atoms with Crippen molar-refractivity contribution in [2.24, 2.45) is 0 Å². The maximum absolute atomic E-state index is 6.09. The fourth-order valence-corrected chi connectivity index (χ4v) is 1.93. The summed E-state index contributed by atoms with van der Waals surface area (Å²) < 4.78 is 1.93. The van der Waals surface area contributed by atoms with Crippen molar-refractivity contribution in [1.82, 2.24) is 20.1 Å². The molecule has 0 aromatic carbocycles. The molecule has 2 heterocycles. The summed E-state index contributed by atoms with van der Waals surface area (Å²) in [6.45, 7) is 6.34. The van der Waals surface area contributed by atoms with Crippen molar-refractivity contribution in [3.05, 3.63) is 46.5 Å². The molecule has 0 aliphatic heterocycles. The number of aryl methyl sites for hydroxylation is 1. The highest BCUT2D eigenvalue weighted by molar-refractivity contribution is 6.31. The predicted octanol–water partition coefficient (Wildman–Crippen LogP) is 2.34. The second kappa shape index (κ2) is 5.98. The molecule has 5 heteroatoms. The van der Waals surface area contributed by atoms with Crippen LogP contribution in [-0.4, -0.2) is 21.3 Å². The fraction of sp³-hybridized carbons (Fsp3) is 0.385. The van der Waals surface area contributed by atoms with Gasteiger partial charge in [-0.3, -0.25) is 9.67 Å². The molecule has 2 rings (SSSR count). The molecule has 96 valence electrons. The maximum Gasteiger partial charge on any atom is 0.0844 e. The highest BCUT2D eigenvalue weighted by Crippen LogP contribution is 2.18. The van der Waals surface area contributed by atoms with E-state index in [0.29, 0.717) is 0 Å². The van der Waals surface area contributed by atoms with E-state index in [0.717, 1.165) is 41.7 Å². The van der Waals surface area contributed by atoms with Crippen LogP contribution in [0.25, 0.3) is 0 Å². The van der Waals surface area contributed by atoms with E-state index in [1.54, 1.807) is 6.20 Å². The van der Waals surface area contributed by atoms with Crippen molar-refractivity contribution < 1.29 is 0 Å². The van der Waals surface area contributed by atoms with Gasteiger partial charge < -0.3 is 5.32 Å². The third-order valence-corrected chi connectivity index (χ3v) is 3.37. The number of hydrogen-bond acceptors (Lipinski definition) is 3. The number of halogens is 1. The van der Waals surface area contributed by atoms with Crippen molar-refractivity contribution in [3.63, 3.8) is 0 Å². The van der Waals surface area contributed by atoms with Gasteiger partial charge in [-0.2, -0.15) is 5.10 Å². The van der Waals surface area contributed by atoms with E-state index in [4.69, 9.17) is 11.6 Å². The molecule has 0 amide bonds. The summed E-state index contributed by atoms with van der Waals surface area (Å²) in [6.07, 6.45) is 1.80. The second-order valence-electron chi connectivity index (χ2n) is 4.21. The van der Waals surface area contributed by atoms with E-state index < -0.39 is 0 Å². The first kappa shape index (κ1) is 13.1. The lowest BCUT2D eigenvalue weighted by molar-refractivity contribution is 0.540. The first-order valence-corrected chi connectivity index (χ1v) is 6.36. The first-order valence-electron chi connectivity index (χ1n) is 5.98. The largest absolute Gasteiger partial charge is 0.309 e. The molecule has 0 aliphatic carbocycles. The van der Waals surface area contributed by atoms with Gasteiger partial charge in [0.25, 0.3) is 0 Å². The Labute approximate surface area is 112 Å². The van der Waals surface area contributed by atoms with Gasteiger partial charge in [-0.15, -0.1) is 0 Å². The molecule has 0 saturated carbocycles. The molecule has 0 aliphatic rings. The molecule has 1 N–H and O–H groups in total. The van der Waals surface area contributed by atoms with Gasteiger partial charge >= 0.3 is 0 Å². The minimum absolute atomic E-state index is 0.764. The van der Waals surface area contributed by atoms with Crippen LogP contribution < -0.4 is 5.32 Å². The average molecular weight is 265 g/mol. The van der Waals surface area contributed by atoms with E-state index in [1.807, 2.05) is 36.7 Å². The van der Waals surface area contributed by atoms with Crippen LogP contribution in [0.15, 0.2) is 24.4 Å². The lowest BCUT2D eigenvalue weighted by atomic mass is 10.3. The normalized spacial score (nSPS) is 10.8. The molecule has 18 heavy (non-hydrogen) atoms. The highest BCUT2D eigenvalue weighted by atomic mass is 35.5. The minimum Gasteiger partial charge on any atom is -0.309 e. The van der Waals surface area contributed by atoms with Gasteiger partial charge in [0.1, 0.15) is 0 Å². The topological polar surface area (TPSA) is 42.7 Å². The van der Waals surface area contributed by atoms with Gasteiger partial charge in [0.2, 0.25) is 0 Å². The monoisotopic (exact) mass is 264 g/mol. The molecule has 0 radical (unpaired) electrons. The Morgan fingerprint density at radius 1 is 1.33 bits per heavy atom. The lowest BCUT2D eigenvalue weighted by Crippen LogP contribution is -2.21. The van der Waals surface area contributed by atoms with Crippen molar-refractivity contribution in [2.45, 2.75) is 26.9 Å². The van der Waals surface area contributed by atoms with E-state index in [2.05, 4.69) is 15.4 Å². The Morgan fingerprint density at radius 2 is 2.17 bits per heavy atom. The molecule has 0 saturated heterocycles. The average Bonchev–Trinajstić information content (AvgIpc) is 2.64. The number of pyridine rings is 1. The standard InChI is InChI=1S/C13H17ClN4/c1-10-13(14)11(2)18(17-10)8-7-15-9-12-5-3-4-6-16-12/h3-6,15H,7-9H2,1-2H3. The molecule has 0 bridgehead atoms. The zero-order chi connectivity index (χ0) is 13.0. The maximum atomic E-state index is 6.09. The van der Waals surface area contributed by atoms with Crippen molar-refractivity contribution in [3.8, 4) is 0 Å². The summed E-state index contributed by atoms with van der Waals surface area (Å²) in [7, 11) is 0. The van der Waals surface area contributed by atoms with Crippen LogP contribution in [0.2, 0.25) is 5.02 Å². The van der Waals surface area contributed by atoms with Crippen LogP contribution in [-0.2, 0) is 13.1 Å². The molecule has 2 aromatic rings. The van der Waals surface area contributed by atoms with E-state index >= 15 is 0 Å². The number of rotatable bonds is 5. The van der Waals surface area contributed by atoms with Gasteiger partial charge in [0.05, 0.1) is 28.6 Å². The molecule has 0 unspecified atom stereocenters. The third-order valence-electron chi connectivity index (χ3n) is 2.83. The Kier molecular flexibility index (Phi) is 4.33. The van der Waals surface area contributed by atoms with Crippen molar-refractivity contribution in [2.75, 3.05) is 6.54 Å². The molecular weight excluding hydrogens is 248 g/mol. The molecule has 2 aromatic heterocycles. The SMILES string of the molecule is Cc1nn(CCNCc2ccccn2)c(C)c1Cl. The van der Waals surface area contributed by atoms with E-state index in [9.17, 15) is 0 Å². The van der Waals surface area contributed by atoms with Crippen LogP contribution >= 0.6 is 11.6 Å². The summed E-state index contributed by atoms with van der Waals surface area (Å²) >= 11 is 6.09. The number of nitrogens with zero attached hydrogens (tertiary/aromatic N) is 3. The second-order valence-corrected chi connectivity index (χ2v) is 4.58. The van der Waals surface area contributed by atoms with Crippen molar-refractivity contribution in [1.29, 1.82) is 0 Å². The summed E-state index contributed by atoms with van der Waals surface area (Å²) in [5, 5.41) is 8.49. The van der Waals surface area contributed by atoms with Crippen molar-refractivity contribution >= 4 is 11.6 Å². The molecule has 0 fully saturated rings. The summed E-state index contributed by atoms with van der Waals surface area (Å²) in [4.78, 5) is 4.25. The van der Waals surface area contributed by atoms with Gasteiger partial charge in [0, 0.05) is 19.3 Å².